The van der Waals surface area contributed by atoms with E-state index in [1.807, 2.05) is 6.92 Å². The number of fused-ring (bicyclic) bond motifs is 1. The average molecular weight is 443 g/mol. The van der Waals surface area contributed by atoms with Crippen molar-refractivity contribution in [3.8, 4) is 0 Å². The summed E-state index contributed by atoms with van der Waals surface area (Å²) in [6, 6.07) is 4.22. The number of imide groups is 1. The molecule has 0 aromatic heterocycles. The molecule has 166 valence electrons. The summed E-state index contributed by atoms with van der Waals surface area (Å²) in [5.74, 6) is -1.05. The summed E-state index contributed by atoms with van der Waals surface area (Å²) in [6.45, 7) is 14.6. The van der Waals surface area contributed by atoms with Crippen molar-refractivity contribution >= 4 is 46.2 Å². The van der Waals surface area contributed by atoms with Crippen molar-refractivity contribution in [2.24, 2.45) is 0 Å². The van der Waals surface area contributed by atoms with Gasteiger partial charge < -0.3 is 9.64 Å². The number of aryl methyl sites for hydroxylation is 1. The summed E-state index contributed by atoms with van der Waals surface area (Å²) >= 11 is 0.855. The Morgan fingerprint density at radius 2 is 1.90 bits per heavy atom. The van der Waals surface area contributed by atoms with E-state index in [4.69, 9.17) is 4.74 Å². The molecule has 2 heterocycles. The first-order chi connectivity index (χ1) is 14.4. The van der Waals surface area contributed by atoms with Crippen LogP contribution < -0.4 is 4.90 Å². The van der Waals surface area contributed by atoms with Gasteiger partial charge in [0.05, 0.1) is 16.5 Å². The van der Waals surface area contributed by atoms with Crippen LogP contribution in [0, 0.1) is 6.92 Å². The molecule has 2 amide bonds. The molecule has 1 saturated heterocycles. The lowest BCUT2D eigenvalue weighted by Crippen LogP contribution is -2.44. The highest BCUT2D eigenvalue weighted by Crippen LogP contribution is 2.41. The molecule has 1 aromatic rings. The van der Waals surface area contributed by atoms with E-state index in [0.29, 0.717) is 4.91 Å². The number of thioether (sulfide) groups is 1. The predicted molar refractivity (Wildman–Crippen MR) is 126 cm³/mol. The number of benzene rings is 1. The van der Waals surface area contributed by atoms with Crippen molar-refractivity contribution in [2.75, 3.05) is 18.0 Å². The quantitative estimate of drug-likeness (QED) is 0.472. The summed E-state index contributed by atoms with van der Waals surface area (Å²) in [7, 11) is 0. The van der Waals surface area contributed by atoms with Gasteiger partial charge in [0.2, 0.25) is 0 Å². The van der Waals surface area contributed by atoms with Gasteiger partial charge in [0.1, 0.15) is 6.54 Å². The van der Waals surface area contributed by atoms with Crippen LogP contribution in [-0.2, 0) is 14.3 Å². The molecule has 3 rings (SSSR count). The van der Waals surface area contributed by atoms with Crippen LogP contribution in [0.2, 0.25) is 0 Å². The third kappa shape index (κ3) is 4.56. The predicted octanol–water partition coefficient (Wildman–Crippen LogP) is 5.00. The lowest BCUT2D eigenvalue weighted by atomic mass is 9.87. The van der Waals surface area contributed by atoms with Crippen LogP contribution >= 0.6 is 11.8 Å². The number of hydrogen-bond donors (Lipinski definition) is 0. The van der Waals surface area contributed by atoms with E-state index in [9.17, 15) is 14.4 Å². The Hall–Kier alpha value is -2.54. The Kier molecular flexibility index (Phi) is 6.37. The lowest BCUT2D eigenvalue weighted by Gasteiger charge is -2.43. The molecule has 31 heavy (non-hydrogen) atoms. The van der Waals surface area contributed by atoms with Gasteiger partial charge in [-0.1, -0.05) is 6.08 Å². The van der Waals surface area contributed by atoms with Gasteiger partial charge in [-0.15, -0.1) is 0 Å². The number of esters is 1. The Labute approximate surface area is 188 Å². The highest BCUT2D eigenvalue weighted by atomic mass is 32.2. The zero-order chi connectivity index (χ0) is 23.1. The molecule has 0 spiro atoms. The largest absolute Gasteiger partial charge is 0.462 e. The molecule has 0 aliphatic carbocycles. The summed E-state index contributed by atoms with van der Waals surface area (Å²) in [4.78, 5) is 40.7. The van der Waals surface area contributed by atoms with Crippen molar-refractivity contribution < 1.29 is 19.1 Å². The van der Waals surface area contributed by atoms with E-state index in [-0.39, 0.29) is 18.2 Å². The van der Waals surface area contributed by atoms with Crippen LogP contribution in [0.15, 0.2) is 23.1 Å². The zero-order valence-corrected chi connectivity index (χ0v) is 20.1. The molecular weight excluding hydrogens is 412 g/mol. The van der Waals surface area contributed by atoms with E-state index in [0.717, 1.165) is 39.9 Å². The van der Waals surface area contributed by atoms with Crippen LogP contribution in [0.1, 0.15) is 58.2 Å². The number of likely N-dealkylation sites (N-methyl/N-ethyl adjacent to an activating group) is 1. The first kappa shape index (κ1) is 23.1. The minimum Gasteiger partial charge on any atom is -0.462 e. The second-order valence-electron chi connectivity index (χ2n) is 8.76. The van der Waals surface area contributed by atoms with Gasteiger partial charge in [-0.2, -0.15) is 0 Å². The standard InChI is InChI=1S/C24H30N2O4S/c1-8-26-19-9-15(4)17(10-18(19)16(5)12-24(26,6)7)11-20-22(28)25(23(29)31-20)13-21(27)30-14(2)3/h9-12,14H,8,13H2,1-7H3/b20-11-. The first-order valence-corrected chi connectivity index (χ1v) is 11.3. The molecule has 0 atom stereocenters. The third-order valence-electron chi connectivity index (χ3n) is 5.50. The molecule has 7 heteroatoms. The Morgan fingerprint density at radius 3 is 2.52 bits per heavy atom. The van der Waals surface area contributed by atoms with Gasteiger partial charge in [0, 0.05) is 17.8 Å². The fourth-order valence-corrected chi connectivity index (χ4v) is 5.01. The number of rotatable bonds is 5. The molecule has 0 unspecified atom stereocenters. The molecule has 2 aliphatic rings. The second-order valence-corrected chi connectivity index (χ2v) is 9.75. The number of amides is 2. The smallest absolute Gasteiger partial charge is 0.326 e. The maximum absolute atomic E-state index is 12.8. The fourth-order valence-electron chi connectivity index (χ4n) is 4.18. The highest BCUT2D eigenvalue weighted by molar-refractivity contribution is 8.18. The van der Waals surface area contributed by atoms with Crippen LogP contribution in [-0.4, -0.2) is 46.7 Å². The summed E-state index contributed by atoms with van der Waals surface area (Å²) in [6.07, 6.45) is 3.70. The molecule has 0 radical (unpaired) electrons. The summed E-state index contributed by atoms with van der Waals surface area (Å²) in [5.41, 5.74) is 5.31. The van der Waals surface area contributed by atoms with Gasteiger partial charge >= 0.3 is 5.97 Å². The third-order valence-corrected chi connectivity index (χ3v) is 6.40. The van der Waals surface area contributed by atoms with Crippen molar-refractivity contribution in [1.82, 2.24) is 4.90 Å². The monoisotopic (exact) mass is 442 g/mol. The SMILES string of the molecule is CCN1c2cc(C)c(/C=C3\SC(=O)N(CC(=O)OC(C)C)C3=O)cc2C(C)=CC1(C)C. The van der Waals surface area contributed by atoms with Crippen molar-refractivity contribution in [3.63, 3.8) is 0 Å². The van der Waals surface area contributed by atoms with Gasteiger partial charge in [-0.05, 0) is 95.1 Å². The molecule has 0 saturated carbocycles. The highest BCUT2D eigenvalue weighted by Gasteiger charge is 2.37. The van der Waals surface area contributed by atoms with Crippen LogP contribution in [0.3, 0.4) is 0 Å². The normalized spacial score (nSPS) is 19.2. The van der Waals surface area contributed by atoms with Crippen molar-refractivity contribution in [2.45, 2.75) is 60.1 Å². The summed E-state index contributed by atoms with van der Waals surface area (Å²) in [5, 5.41) is -0.456. The number of anilines is 1. The second kappa shape index (κ2) is 8.54. The number of carbonyl (C=O) groups excluding carboxylic acids is 3. The van der Waals surface area contributed by atoms with Gasteiger partial charge in [0.25, 0.3) is 11.1 Å². The Morgan fingerprint density at radius 1 is 1.23 bits per heavy atom. The minimum atomic E-state index is -0.591. The number of carbonyl (C=O) groups is 3. The fraction of sp³-hybridized carbons (Fsp3) is 0.458. The number of hydrogen-bond acceptors (Lipinski definition) is 6. The Bertz CT molecular complexity index is 1010. The average Bonchev–Trinajstić information content (AvgIpc) is 2.89. The molecule has 6 nitrogen and oxygen atoms in total. The number of nitrogens with zero attached hydrogens (tertiary/aromatic N) is 2. The van der Waals surface area contributed by atoms with Crippen LogP contribution in [0.25, 0.3) is 11.6 Å². The van der Waals surface area contributed by atoms with E-state index in [2.05, 4.69) is 50.8 Å². The number of ether oxygens (including phenoxy) is 1. The van der Waals surface area contributed by atoms with Crippen LogP contribution in [0.4, 0.5) is 10.5 Å². The Balaban J connectivity index is 1.93. The van der Waals surface area contributed by atoms with Gasteiger partial charge in [-0.25, -0.2) is 0 Å². The van der Waals surface area contributed by atoms with E-state index >= 15 is 0 Å². The van der Waals surface area contributed by atoms with Crippen LogP contribution in [0.5, 0.6) is 0 Å². The van der Waals surface area contributed by atoms with Crippen molar-refractivity contribution in [3.05, 3.63) is 39.8 Å². The van der Waals surface area contributed by atoms with Gasteiger partial charge in [-0.3, -0.25) is 19.3 Å². The van der Waals surface area contributed by atoms with E-state index in [1.54, 1.807) is 19.9 Å². The topological polar surface area (TPSA) is 66.9 Å². The van der Waals surface area contributed by atoms with E-state index in [1.165, 1.54) is 11.3 Å². The van der Waals surface area contributed by atoms with Gasteiger partial charge in [0.15, 0.2) is 0 Å². The molecule has 0 bridgehead atoms. The molecular formula is C24H30N2O4S. The minimum absolute atomic E-state index is 0.0763. The molecule has 1 aromatic carbocycles. The van der Waals surface area contributed by atoms with E-state index < -0.39 is 17.1 Å². The maximum Gasteiger partial charge on any atom is 0.326 e. The molecule has 0 N–H and O–H groups in total. The molecule has 2 aliphatic heterocycles. The first-order valence-electron chi connectivity index (χ1n) is 10.5. The lowest BCUT2D eigenvalue weighted by molar-refractivity contribution is -0.149. The molecule has 1 fully saturated rings. The number of allylic oxidation sites excluding steroid dienone is 1. The summed E-state index contributed by atoms with van der Waals surface area (Å²) < 4.78 is 5.07. The maximum atomic E-state index is 12.8. The van der Waals surface area contributed by atoms with Crippen molar-refractivity contribution in [1.29, 1.82) is 0 Å². The zero-order valence-electron chi connectivity index (χ0n) is 19.2.